The fourth-order valence-corrected chi connectivity index (χ4v) is 1.44. The molecular formula is C10H20N4O. The van der Waals surface area contributed by atoms with E-state index in [1.807, 2.05) is 25.7 Å². The van der Waals surface area contributed by atoms with Crippen LogP contribution >= 0.6 is 0 Å². The zero-order chi connectivity index (χ0) is 11.1. The van der Waals surface area contributed by atoms with E-state index in [9.17, 15) is 0 Å². The molecule has 5 heteroatoms. The first-order valence-corrected chi connectivity index (χ1v) is 5.35. The summed E-state index contributed by atoms with van der Waals surface area (Å²) in [5, 5.41) is 7.31. The van der Waals surface area contributed by atoms with Crippen LogP contribution in [0.1, 0.15) is 19.2 Å². The highest BCUT2D eigenvalue weighted by molar-refractivity contribution is 4.88. The Bertz CT molecular complexity index is 274. The van der Waals surface area contributed by atoms with Crippen molar-refractivity contribution in [2.45, 2.75) is 25.8 Å². The molecule has 0 aliphatic heterocycles. The maximum Gasteiger partial charge on any atom is 0.138 e. The van der Waals surface area contributed by atoms with Crippen molar-refractivity contribution in [2.75, 3.05) is 20.3 Å². The second kappa shape index (κ2) is 6.53. The largest absolute Gasteiger partial charge is 0.382 e. The second-order valence-electron chi connectivity index (χ2n) is 3.48. The molecule has 0 spiro atoms. The molecule has 1 N–H and O–H groups in total. The summed E-state index contributed by atoms with van der Waals surface area (Å²) in [6.45, 7) is 3.58. The third-order valence-electron chi connectivity index (χ3n) is 2.46. The van der Waals surface area contributed by atoms with Crippen LogP contribution in [-0.4, -0.2) is 41.1 Å². The van der Waals surface area contributed by atoms with E-state index >= 15 is 0 Å². The molecule has 0 bridgehead atoms. The number of aryl methyl sites for hydroxylation is 1. The van der Waals surface area contributed by atoms with Crippen LogP contribution in [0.4, 0.5) is 0 Å². The molecule has 86 valence electrons. The van der Waals surface area contributed by atoms with Gasteiger partial charge in [-0.25, -0.2) is 4.98 Å². The number of likely N-dealkylation sites (N-methyl/N-ethyl adjacent to an activating group) is 1. The van der Waals surface area contributed by atoms with Gasteiger partial charge >= 0.3 is 0 Å². The van der Waals surface area contributed by atoms with E-state index in [4.69, 9.17) is 4.74 Å². The molecule has 1 unspecified atom stereocenters. The number of hydrogen-bond donors (Lipinski definition) is 1. The molecule has 1 aromatic heterocycles. The van der Waals surface area contributed by atoms with Gasteiger partial charge in [-0.05, 0) is 20.4 Å². The van der Waals surface area contributed by atoms with Crippen molar-refractivity contribution in [3.8, 4) is 0 Å². The summed E-state index contributed by atoms with van der Waals surface area (Å²) in [7, 11) is 3.88. The van der Waals surface area contributed by atoms with Crippen LogP contribution in [0, 0.1) is 0 Å². The summed E-state index contributed by atoms with van der Waals surface area (Å²) in [6.07, 6.45) is 3.47. The molecular weight excluding hydrogens is 192 g/mol. The molecule has 0 amide bonds. The van der Waals surface area contributed by atoms with Gasteiger partial charge in [0.1, 0.15) is 12.2 Å². The lowest BCUT2D eigenvalue weighted by Gasteiger charge is -2.15. The predicted octanol–water partition coefficient (Wildman–Crippen LogP) is 0.372. The van der Waals surface area contributed by atoms with E-state index in [2.05, 4.69) is 15.4 Å². The first-order valence-electron chi connectivity index (χ1n) is 5.35. The summed E-state index contributed by atoms with van der Waals surface area (Å²) >= 11 is 0. The van der Waals surface area contributed by atoms with Gasteiger partial charge in [-0.15, -0.1) is 0 Å². The molecule has 1 atom stereocenters. The van der Waals surface area contributed by atoms with Crippen LogP contribution in [0.15, 0.2) is 6.33 Å². The Kier molecular flexibility index (Phi) is 5.28. The van der Waals surface area contributed by atoms with Gasteiger partial charge in [0.2, 0.25) is 0 Å². The second-order valence-corrected chi connectivity index (χ2v) is 3.48. The first kappa shape index (κ1) is 12.1. The van der Waals surface area contributed by atoms with Gasteiger partial charge in [0.25, 0.3) is 0 Å². The van der Waals surface area contributed by atoms with Gasteiger partial charge < -0.3 is 10.1 Å². The molecule has 1 aromatic rings. The standard InChI is InChI=1S/C10H20N4O/c1-4-15-6-5-9(11-2)7-10-12-8-13-14(10)3/h8-9,11H,4-7H2,1-3H3. The van der Waals surface area contributed by atoms with E-state index in [-0.39, 0.29) is 0 Å². The van der Waals surface area contributed by atoms with Crippen molar-refractivity contribution < 1.29 is 4.74 Å². The zero-order valence-corrected chi connectivity index (χ0v) is 9.73. The highest BCUT2D eigenvalue weighted by Gasteiger charge is 2.10. The zero-order valence-electron chi connectivity index (χ0n) is 9.73. The average Bonchev–Trinajstić information content (AvgIpc) is 2.63. The average molecular weight is 212 g/mol. The Morgan fingerprint density at radius 2 is 2.40 bits per heavy atom. The van der Waals surface area contributed by atoms with Crippen LogP contribution < -0.4 is 5.32 Å². The van der Waals surface area contributed by atoms with Gasteiger partial charge in [0.15, 0.2) is 0 Å². The quantitative estimate of drug-likeness (QED) is 0.664. The van der Waals surface area contributed by atoms with Crippen LogP contribution in [0.25, 0.3) is 0 Å². The smallest absolute Gasteiger partial charge is 0.138 e. The number of ether oxygens (including phenoxy) is 1. The van der Waals surface area contributed by atoms with Crippen LogP contribution in [0.2, 0.25) is 0 Å². The van der Waals surface area contributed by atoms with Gasteiger partial charge in [0.05, 0.1) is 0 Å². The summed E-state index contributed by atoms with van der Waals surface area (Å²) in [6, 6.07) is 0.402. The normalized spacial score (nSPS) is 13.0. The number of rotatable bonds is 7. The maximum atomic E-state index is 5.33. The van der Waals surface area contributed by atoms with E-state index in [1.165, 1.54) is 0 Å². The molecule has 0 radical (unpaired) electrons. The van der Waals surface area contributed by atoms with Crippen molar-refractivity contribution in [2.24, 2.45) is 7.05 Å². The molecule has 5 nitrogen and oxygen atoms in total. The number of nitrogens with one attached hydrogen (secondary N) is 1. The molecule has 15 heavy (non-hydrogen) atoms. The van der Waals surface area contributed by atoms with E-state index in [1.54, 1.807) is 6.33 Å². The number of hydrogen-bond acceptors (Lipinski definition) is 4. The monoisotopic (exact) mass is 212 g/mol. The van der Waals surface area contributed by atoms with Crippen molar-refractivity contribution in [1.29, 1.82) is 0 Å². The van der Waals surface area contributed by atoms with Gasteiger partial charge in [-0.2, -0.15) is 5.10 Å². The molecule has 0 fully saturated rings. The highest BCUT2D eigenvalue weighted by atomic mass is 16.5. The minimum atomic E-state index is 0.402. The van der Waals surface area contributed by atoms with Gasteiger partial charge in [0, 0.05) is 32.7 Å². The van der Waals surface area contributed by atoms with Crippen molar-refractivity contribution >= 4 is 0 Å². The Morgan fingerprint density at radius 3 is 2.93 bits per heavy atom. The van der Waals surface area contributed by atoms with Crippen molar-refractivity contribution in [3.63, 3.8) is 0 Å². The van der Waals surface area contributed by atoms with Gasteiger partial charge in [-0.1, -0.05) is 0 Å². The van der Waals surface area contributed by atoms with Crippen LogP contribution in [0.5, 0.6) is 0 Å². The molecule has 0 aliphatic rings. The molecule has 0 aliphatic carbocycles. The summed E-state index contributed by atoms with van der Waals surface area (Å²) in [5.41, 5.74) is 0. The lowest BCUT2D eigenvalue weighted by molar-refractivity contribution is 0.137. The Balaban J connectivity index is 2.36. The maximum absolute atomic E-state index is 5.33. The molecule has 0 saturated carbocycles. The first-order chi connectivity index (χ1) is 7.27. The third kappa shape index (κ3) is 3.97. The summed E-state index contributed by atoms with van der Waals surface area (Å²) < 4.78 is 7.14. The van der Waals surface area contributed by atoms with E-state index in [0.717, 1.165) is 31.9 Å². The number of aromatic nitrogens is 3. The Labute approximate surface area is 90.8 Å². The fraction of sp³-hybridized carbons (Fsp3) is 0.800. The van der Waals surface area contributed by atoms with Crippen LogP contribution in [0.3, 0.4) is 0 Å². The molecule has 1 rings (SSSR count). The Hall–Kier alpha value is -0.940. The molecule has 1 heterocycles. The lowest BCUT2D eigenvalue weighted by atomic mass is 10.1. The van der Waals surface area contributed by atoms with Gasteiger partial charge in [-0.3, -0.25) is 4.68 Å². The minimum absolute atomic E-state index is 0.402. The minimum Gasteiger partial charge on any atom is -0.382 e. The topological polar surface area (TPSA) is 52.0 Å². The predicted molar refractivity (Wildman–Crippen MR) is 58.7 cm³/mol. The van der Waals surface area contributed by atoms with Crippen molar-refractivity contribution in [3.05, 3.63) is 12.2 Å². The fourth-order valence-electron chi connectivity index (χ4n) is 1.44. The summed E-state index contributed by atoms with van der Waals surface area (Å²) in [5.74, 6) is 1.01. The van der Waals surface area contributed by atoms with Crippen molar-refractivity contribution in [1.82, 2.24) is 20.1 Å². The lowest BCUT2D eigenvalue weighted by Crippen LogP contribution is -2.30. The SMILES string of the molecule is CCOCCC(Cc1ncnn1C)NC. The van der Waals surface area contributed by atoms with E-state index < -0.39 is 0 Å². The van der Waals surface area contributed by atoms with Crippen LogP contribution in [-0.2, 0) is 18.2 Å². The molecule has 0 aromatic carbocycles. The third-order valence-corrected chi connectivity index (χ3v) is 2.46. The Morgan fingerprint density at radius 1 is 1.60 bits per heavy atom. The summed E-state index contributed by atoms with van der Waals surface area (Å²) in [4.78, 5) is 4.20. The van der Waals surface area contributed by atoms with E-state index in [0.29, 0.717) is 6.04 Å². The highest BCUT2D eigenvalue weighted by Crippen LogP contribution is 2.01. The number of nitrogens with zero attached hydrogens (tertiary/aromatic N) is 3. The molecule has 0 saturated heterocycles.